The number of anilines is 1. The van der Waals surface area contributed by atoms with Crippen LogP contribution in [0.1, 0.15) is 0 Å². The van der Waals surface area contributed by atoms with Gasteiger partial charge in [0.05, 0.1) is 0 Å². The van der Waals surface area contributed by atoms with Gasteiger partial charge in [0.1, 0.15) is 0 Å². The van der Waals surface area contributed by atoms with Crippen molar-refractivity contribution in [2.75, 3.05) is 19.0 Å². The average molecular weight is 241 g/mol. The molecule has 0 atom stereocenters. The quantitative estimate of drug-likeness (QED) is 0.744. The Labute approximate surface area is 105 Å². The van der Waals surface area contributed by atoms with E-state index in [9.17, 15) is 0 Å². The molecular weight excluding hydrogens is 225 g/mol. The molecule has 0 fully saturated rings. The van der Waals surface area contributed by atoms with E-state index < -0.39 is 0 Å². The van der Waals surface area contributed by atoms with Crippen molar-refractivity contribution in [3.63, 3.8) is 0 Å². The Balaban J connectivity index is 2.64. The van der Waals surface area contributed by atoms with Crippen LogP contribution in [-0.4, -0.2) is 20.4 Å². The predicted octanol–water partition coefficient (Wildman–Crippen LogP) is 3.42. The number of rotatable bonds is 3. The monoisotopic (exact) mass is 241 g/mol. The van der Waals surface area contributed by atoms with Crippen LogP contribution in [-0.2, 0) is 0 Å². The van der Waals surface area contributed by atoms with E-state index in [0.717, 1.165) is 8.20 Å². The maximum atomic E-state index is 3.98. The maximum absolute atomic E-state index is 3.98. The van der Waals surface area contributed by atoms with E-state index in [1.807, 2.05) is 0 Å². The summed E-state index contributed by atoms with van der Waals surface area (Å²) in [6.45, 7) is 0. The van der Waals surface area contributed by atoms with Crippen molar-refractivity contribution in [2.24, 2.45) is 0 Å². The van der Waals surface area contributed by atoms with Crippen molar-refractivity contribution < 1.29 is 0 Å². The summed E-state index contributed by atoms with van der Waals surface area (Å²) in [6.07, 6.45) is 3.98. The molecule has 0 N–H and O–H groups in total. The molecule has 1 nitrogen and oxygen atoms in total. The van der Waals surface area contributed by atoms with E-state index in [2.05, 4.69) is 73.8 Å². The Kier molecular flexibility index (Phi) is 3.61. The average Bonchev–Trinajstić information content (AvgIpc) is 2.38. The highest BCUT2D eigenvalue weighted by molar-refractivity contribution is 7.46. The van der Waals surface area contributed by atoms with Gasteiger partial charge in [-0.2, -0.15) is 0 Å². The number of hydrogen-bond donors (Lipinski definition) is 0. The predicted molar refractivity (Wildman–Crippen MR) is 79.9 cm³/mol. The summed E-state index contributed by atoms with van der Waals surface area (Å²) in [5.41, 5.74) is 3.78. The highest BCUT2D eigenvalue weighted by Crippen LogP contribution is 2.29. The smallest absolute Gasteiger partial charge is 0.0441 e. The van der Waals surface area contributed by atoms with Gasteiger partial charge in [0.2, 0.25) is 0 Å². The first-order chi connectivity index (χ1) is 8.24. The summed E-state index contributed by atoms with van der Waals surface area (Å²) in [5, 5.41) is 1.27. The highest BCUT2D eigenvalue weighted by atomic mass is 31.1. The lowest BCUT2D eigenvalue weighted by Crippen LogP contribution is -2.11. The fraction of sp³-hybridized carbons (Fsp3) is 0.133. The minimum atomic E-state index is 1.06. The highest BCUT2D eigenvalue weighted by Gasteiger charge is 2.08. The molecule has 0 saturated heterocycles. The van der Waals surface area contributed by atoms with Crippen molar-refractivity contribution in [3.8, 4) is 11.1 Å². The van der Waals surface area contributed by atoms with Crippen LogP contribution >= 0.6 is 8.20 Å². The summed E-state index contributed by atoms with van der Waals surface area (Å²) in [4.78, 5) is 2.14. The number of nitrogens with zero attached hydrogens (tertiary/aromatic N) is 1. The Hall–Kier alpha value is -1.59. The van der Waals surface area contributed by atoms with Crippen LogP contribution in [0.3, 0.4) is 0 Å². The lowest BCUT2D eigenvalue weighted by atomic mass is 10.0. The lowest BCUT2D eigenvalue weighted by Gasteiger charge is -2.18. The van der Waals surface area contributed by atoms with Crippen molar-refractivity contribution >= 4 is 25.5 Å². The first kappa shape index (κ1) is 11.9. The molecule has 2 rings (SSSR count). The fourth-order valence-electron chi connectivity index (χ4n) is 1.93. The number of para-hydroxylation sites is 1. The molecule has 2 aromatic rings. The molecule has 17 heavy (non-hydrogen) atoms. The Bertz CT molecular complexity index is 532. The standard InChI is InChI=1S/C15H16NP/c1-16(2)14-10-6-4-8-12(14)13-9-5-7-11-15(13)17-3/h4-11H,3H2,1-2H3. The maximum Gasteiger partial charge on any atom is 0.0441 e. The van der Waals surface area contributed by atoms with E-state index >= 15 is 0 Å². The van der Waals surface area contributed by atoms with Gasteiger partial charge in [-0.25, -0.2) is 0 Å². The van der Waals surface area contributed by atoms with Crippen molar-refractivity contribution in [1.29, 1.82) is 0 Å². The number of hydrogen-bond acceptors (Lipinski definition) is 1. The van der Waals surface area contributed by atoms with Crippen LogP contribution in [0.5, 0.6) is 0 Å². The molecule has 0 aliphatic carbocycles. The molecule has 0 unspecified atom stereocenters. The van der Waals surface area contributed by atoms with Gasteiger partial charge in [0, 0.05) is 30.7 Å². The molecule has 2 heteroatoms. The third-order valence-electron chi connectivity index (χ3n) is 2.75. The molecule has 0 spiro atoms. The first-order valence-corrected chi connectivity index (χ1v) is 6.64. The van der Waals surface area contributed by atoms with Gasteiger partial charge in [-0.05, 0) is 17.7 Å². The van der Waals surface area contributed by atoms with Gasteiger partial charge in [0.25, 0.3) is 0 Å². The third-order valence-corrected chi connectivity index (χ3v) is 3.48. The fourth-order valence-corrected chi connectivity index (χ4v) is 2.49. The lowest BCUT2D eigenvalue weighted by molar-refractivity contribution is 1.13. The molecule has 0 aromatic heterocycles. The molecule has 2 aromatic carbocycles. The Morgan fingerprint density at radius 2 is 1.47 bits per heavy atom. The summed E-state index contributed by atoms with van der Waals surface area (Å²) >= 11 is 0. The summed E-state index contributed by atoms with van der Waals surface area (Å²) in [5.74, 6) is 0. The molecular formula is C15H16NP. The van der Waals surface area contributed by atoms with Gasteiger partial charge in [-0.3, -0.25) is 0 Å². The zero-order valence-electron chi connectivity index (χ0n) is 10.2. The largest absolute Gasteiger partial charge is 0.377 e. The van der Waals surface area contributed by atoms with E-state index in [1.54, 1.807) is 0 Å². The van der Waals surface area contributed by atoms with Crippen molar-refractivity contribution in [2.45, 2.75) is 0 Å². The second kappa shape index (κ2) is 5.16. The normalized spacial score (nSPS) is 10.5. The zero-order valence-corrected chi connectivity index (χ0v) is 11.1. The van der Waals surface area contributed by atoms with Gasteiger partial charge in [-0.15, -0.1) is 0 Å². The molecule has 0 aliphatic heterocycles. The molecule has 0 radical (unpaired) electrons. The minimum absolute atomic E-state index is 1.06. The van der Waals surface area contributed by atoms with E-state index in [1.165, 1.54) is 22.1 Å². The topological polar surface area (TPSA) is 3.24 Å². The molecule has 0 heterocycles. The Morgan fingerprint density at radius 3 is 2.12 bits per heavy atom. The van der Waals surface area contributed by atoms with Crippen molar-refractivity contribution in [3.05, 3.63) is 48.5 Å². The second-order valence-electron chi connectivity index (χ2n) is 4.09. The van der Waals surface area contributed by atoms with Gasteiger partial charge in [0.15, 0.2) is 0 Å². The van der Waals surface area contributed by atoms with Crippen LogP contribution in [0.15, 0.2) is 48.5 Å². The summed E-state index contributed by atoms with van der Waals surface area (Å²) in [7, 11) is 5.20. The van der Waals surface area contributed by atoms with Crippen LogP contribution < -0.4 is 10.2 Å². The minimum Gasteiger partial charge on any atom is -0.377 e. The van der Waals surface area contributed by atoms with E-state index in [-0.39, 0.29) is 0 Å². The summed E-state index contributed by atoms with van der Waals surface area (Å²) in [6, 6.07) is 16.9. The van der Waals surface area contributed by atoms with Gasteiger partial charge >= 0.3 is 0 Å². The Morgan fingerprint density at radius 1 is 0.882 bits per heavy atom. The molecule has 0 amide bonds. The third kappa shape index (κ3) is 2.40. The molecule has 0 saturated carbocycles. The van der Waals surface area contributed by atoms with E-state index in [4.69, 9.17) is 0 Å². The number of benzene rings is 2. The SMILES string of the molecule is C=Pc1ccccc1-c1ccccc1N(C)C. The van der Waals surface area contributed by atoms with Gasteiger partial charge < -0.3 is 4.90 Å². The first-order valence-electron chi connectivity index (χ1n) is 5.56. The van der Waals surface area contributed by atoms with Crippen LogP contribution in [0.25, 0.3) is 11.1 Å². The summed E-state index contributed by atoms with van der Waals surface area (Å²) < 4.78 is 0. The molecule has 0 bridgehead atoms. The molecule has 0 aliphatic rings. The van der Waals surface area contributed by atoms with Crippen LogP contribution in [0.4, 0.5) is 5.69 Å². The van der Waals surface area contributed by atoms with Crippen molar-refractivity contribution in [1.82, 2.24) is 0 Å². The van der Waals surface area contributed by atoms with Crippen LogP contribution in [0, 0.1) is 0 Å². The zero-order chi connectivity index (χ0) is 12.3. The second-order valence-corrected chi connectivity index (χ2v) is 4.88. The van der Waals surface area contributed by atoms with Crippen LogP contribution in [0.2, 0.25) is 0 Å². The molecule has 86 valence electrons. The van der Waals surface area contributed by atoms with E-state index in [0.29, 0.717) is 0 Å². The van der Waals surface area contributed by atoms with Gasteiger partial charge in [-0.1, -0.05) is 50.9 Å².